The van der Waals surface area contributed by atoms with Crippen LogP contribution in [0.1, 0.15) is 38.8 Å². The molecular weight excluding hydrogens is 268 g/mol. The number of esters is 1. The molecule has 2 aliphatic heterocycles. The van der Waals surface area contributed by atoms with Crippen LogP contribution < -0.4 is 10.6 Å². The van der Waals surface area contributed by atoms with E-state index in [1.807, 2.05) is 45.0 Å². The number of β-amino-alcohol motifs (C(OH)–C–C–N with tert-alkyl or cyclic N) is 1. The number of carbonyl (C=O) groups excluding carboxylic acids is 1. The monoisotopic (exact) mass is 292 g/mol. The van der Waals surface area contributed by atoms with Gasteiger partial charge in [-0.05, 0) is 51.4 Å². The highest BCUT2D eigenvalue weighted by Gasteiger charge is 2.29. The Bertz CT molecular complexity index is 491. The van der Waals surface area contributed by atoms with Crippen LogP contribution in [0.5, 0.6) is 0 Å². The zero-order valence-electron chi connectivity index (χ0n) is 12.8. The molecule has 2 unspecified atom stereocenters. The van der Waals surface area contributed by atoms with Crippen LogP contribution in [-0.2, 0) is 9.53 Å². The van der Waals surface area contributed by atoms with Crippen molar-refractivity contribution in [1.82, 2.24) is 5.32 Å². The van der Waals surface area contributed by atoms with Gasteiger partial charge in [-0.3, -0.25) is 0 Å². The maximum Gasteiger partial charge on any atom is 0.333 e. The summed E-state index contributed by atoms with van der Waals surface area (Å²) in [6.07, 6.45) is 0.866. The second-order valence-electron chi connectivity index (χ2n) is 6.38. The Kier molecular flexibility index (Phi) is 4.85. The van der Waals surface area contributed by atoms with Gasteiger partial charge in [-0.15, -0.1) is 0 Å². The second-order valence-corrected chi connectivity index (χ2v) is 6.38. The number of carbonyl (C=O) groups is 1. The molecule has 1 saturated heterocycles. The normalized spacial score (nSPS) is 23.0. The maximum absolute atomic E-state index is 11.8. The van der Waals surface area contributed by atoms with E-state index in [-0.39, 0.29) is 18.1 Å². The zero-order chi connectivity index (χ0) is 15.5. The molecule has 1 aromatic rings. The van der Waals surface area contributed by atoms with Gasteiger partial charge in [0.15, 0.2) is 6.04 Å². The van der Waals surface area contributed by atoms with Crippen molar-refractivity contribution in [2.45, 2.75) is 44.9 Å². The van der Waals surface area contributed by atoms with E-state index in [0.717, 1.165) is 30.8 Å². The second kappa shape index (κ2) is 6.45. The summed E-state index contributed by atoms with van der Waals surface area (Å²) in [6.45, 7) is 7.39. The van der Waals surface area contributed by atoms with Gasteiger partial charge in [0, 0.05) is 12.2 Å². The van der Waals surface area contributed by atoms with Crippen LogP contribution in [0.4, 0.5) is 5.69 Å². The van der Waals surface area contributed by atoms with Gasteiger partial charge < -0.3 is 20.5 Å². The van der Waals surface area contributed by atoms with E-state index < -0.39 is 5.60 Å². The first-order chi connectivity index (χ1) is 9.85. The highest BCUT2D eigenvalue weighted by atomic mass is 16.6. The van der Waals surface area contributed by atoms with E-state index in [0.29, 0.717) is 0 Å². The van der Waals surface area contributed by atoms with E-state index >= 15 is 0 Å². The molecule has 1 aromatic carbocycles. The topological polar surface area (TPSA) is 70.6 Å². The van der Waals surface area contributed by atoms with Crippen molar-refractivity contribution in [2.24, 2.45) is 0 Å². The average Bonchev–Trinajstić information content (AvgIpc) is 2.96. The fraction of sp³-hybridized carbons (Fsp3) is 0.562. The molecule has 2 bridgehead atoms. The van der Waals surface area contributed by atoms with Crippen LogP contribution in [0, 0.1) is 0 Å². The molecular formula is C16H24N2O3. The summed E-state index contributed by atoms with van der Waals surface area (Å²) in [5.74, 6) is -0.219. The number of rotatable bonds is 1. The van der Waals surface area contributed by atoms with Crippen LogP contribution in [0.2, 0.25) is 0 Å². The van der Waals surface area contributed by atoms with Crippen LogP contribution in [0.25, 0.3) is 0 Å². The Hall–Kier alpha value is -1.59. The first-order valence-corrected chi connectivity index (χ1v) is 7.33. The molecule has 0 aliphatic carbocycles. The third-order valence-electron chi connectivity index (χ3n) is 3.21. The van der Waals surface area contributed by atoms with Gasteiger partial charge in [0.1, 0.15) is 5.60 Å². The van der Waals surface area contributed by atoms with E-state index in [9.17, 15) is 4.79 Å². The van der Waals surface area contributed by atoms with Crippen LogP contribution >= 0.6 is 0 Å². The summed E-state index contributed by atoms with van der Waals surface area (Å²) in [5, 5.41) is 14.8. The quantitative estimate of drug-likeness (QED) is 0.689. The molecule has 0 amide bonds. The molecule has 3 rings (SSSR count). The summed E-state index contributed by atoms with van der Waals surface area (Å²) < 4.78 is 5.33. The highest BCUT2D eigenvalue weighted by molar-refractivity contribution is 5.84. The van der Waals surface area contributed by atoms with Crippen molar-refractivity contribution in [3.63, 3.8) is 0 Å². The number of hydrogen-bond donors (Lipinski definition) is 3. The van der Waals surface area contributed by atoms with Crippen LogP contribution in [0.15, 0.2) is 24.3 Å². The average molecular weight is 292 g/mol. The number of hydrogen-bond acceptors (Lipinski definition) is 5. The number of benzene rings is 1. The molecule has 0 saturated carbocycles. The summed E-state index contributed by atoms with van der Waals surface area (Å²) in [5.41, 5.74) is 1.51. The van der Waals surface area contributed by atoms with Crippen molar-refractivity contribution < 1.29 is 14.6 Å². The fourth-order valence-electron chi connectivity index (χ4n) is 2.25. The minimum atomic E-state index is -0.436. The van der Waals surface area contributed by atoms with Crippen molar-refractivity contribution in [2.75, 3.05) is 18.4 Å². The summed E-state index contributed by atoms with van der Waals surface area (Å²) in [6, 6.07) is 7.43. The van der Waals surface area contributed by atoms with Crippen LogP contribution in [0.3, 0.4) is 0 Å². The lowest BCUT2D eigenvalue weighted by Gasteiger charge is -2.22. The van der Waals surface area contributed by atoms with Crippen LogP contribution in [-0.4, -0.2) is 35.9 Å². The smallest absolute Gasteiger partial charge is 0.333 e. The Morgan fingerprint density at radius 3 is 2.62 bits per heavy atom. The lowest BCUT2D eigenvalue weighted by molar-refractivity contribution is -0.155. The van der Waals surface area contributed by atoms with Gasteiger partial charge in [0.2, 0.25) is 0 Å². The van der Waals surface area contributed by atoms with Gasteiger partial charge in [0.25, 0.3) is 0 Å². The largest absolute Gasteiger partial charge is 0.458 e. The Morgan fingerprint density at radius 1 is 1.38 bits per heavy atom. The minimum absolute atomic E-state index is 0.0648. The Labute approximate surface area is 125 Å². The molecule has 21 heavy (non-hydrogen) atoms. The molecule has 5 nitrogen and oxygen atoms in total. The van der Waals surface area contributed by atoms with Gasteiger partial charge in [0.05, 0.1) is 6.10 Å². The van der Waals surface area contributed by atoms with E-state index in [1.165, 1.54) is 0 Å². The predicted octanol–water partition coefficient (Wildman–Crippen LogP) is 1.84. The third kappa shape index (κ3) is 4.72. The summed E-state index contributed by atoms with van der Waals surface area (Å²) in [4.78, 5) is 11.8. The predicted molar refractivity (Wildman–Crippen MR) is 82.1 cm³/mol. The van der Waals surface area contributed by atoms with Crippen molar-refractivity contribution in [3.8, 4) is 0 Å². The minimum Gasteiger partial charge on any atom is -0.458 e. The molecule has 5 heteroatoms. The van der Waals surface area contributed by atoms with Gasteiger partial charge in [-0.25, -0.2) is 4.79 Å². The lowest BCUT2D eigenvalue weighted by atomic mass is 10.1. The molecule has 2 aliphatic rings. The van der Waals surface area contributed by atoms with E-state index in [4.69, 9.17) is 9.84 Å². The molecule has 2 heterocycles. The van der Waals surface area contributed by atoms with Gasteiger partial charge in [-0.1, -0.05) is 12.1 Å². The lowest BCUT2D eigenvalue weighted by Crippen LogP contribution is -2.29. The van der Waals surface area contributed by atoms with Crippen molar-refractivity contribution in [3.05, 3.63) is 29.8 Å². The molecule has 0 aromatic heterocycles. The number of aliphatic hydroxyl groups is 1. The molecule has 116 valence electrons. The Balaban J connectivity index is 0.000000225. The number of nitrogens with one attached hydrogen (secondary N) is 2. The summed E-state index contributed by atoms with van der Waals surface area (Å²) >= 11 is 0. The van der Waals surface area contributed by atoms with Crippen molar-refractivity contribution >= 4 is 11.7 Å². The highest BCUT2D eigenvalue weighted by Crippen LogP contribution is 2.30. The fourth-order valence-corrected chi connectivity index (χ4v) is 2.25. The third-order valence-corrected chi connectivity index (χ3v) is 3.21. The van der Waals surface area contributed by atoms with Gasteiger partial charge in [-0.2, -0.15) is 0 Å². The maximum atomic E-state index is 11.8. The molecule has 2 atom stereocenters. The molecule has 0 radical (unpaired) electrons. The van der Waals surface area contributed by atoms with E-state index in [2.05, 4.69) is 10.6 Å². The SMILES string of the molecule is CC(C)(C)OC(=O)C1Nc2cccc1c2.OC1CCNC1. The number of anilines is 1. The van der Waals surface area contributed by atoms with Crippen molar-refractivity contribution in [1.29, 1.82) is 0 Å². The summed E-state index contributed by atoms with van der Waals surface area (Å²) in [7, 11) is 0. The molecule has 1 fully saturated rings. The first-order valence-electron chi connectivity index (χ1n) is 7.33. The molecule has 3 N–H and O–H groups in total. The first kappa shape index (κ1) is 15.8. The Morgan fingerprint density at radius 2 is 2.14 bits per heavy atom. The van der Waals surface area contributed by atoms with E-state index in [1.54, 1.807) is 0 Å². The number of aliphatic hydroxyl groups excluding tert-OH is 1. The number of ether oxygens (including phenoxy) is 1. The number of fused-ring (bicyclic) bond motifs is 2. The van der Waals surface area contributed by atoms with Gasteiger partial charge >= 0.3 is 5.97 Å². The zero-order valence-corrected chi connectivity index (χ0v) is 12.8. The molecule has 0 spiro atoms. The standard InChI is InChI=1S/C12H15NO2.C4H9NO/c1-12(2,3)15-11(14)10-8-5-4-6-9(7-8)13-10;6-4-1-2-5-3-4/h4-7,10,13H,1-3H3;4-6H,1-3H2.